The van der Waals surface area contributed by atoms with E-state index in [2.05, 4.69) is 35.6 Å². The van der Waals surface area contributed by atoms with Crippen molar-refractivity contribution in [1.29, 1.82) is 0 Å². The second-order valence-electron chi connectivity index (χ2n) is 9.04. The van der Waals surface area contributed by atoms with E-state index in [1.165, 1.54) is 11.3 Å². The molecule has 0 aliphatic heterocycles. The fraction of sp³-hybridized carbons (Fsp3) is 0.308. The van der Waals surface area contributed by atoms with Crippen LogP contribution in [0.2, 0.25) is 0 Å². The Kier molecular flexibility index (Phi) is 7.62. The van der Waals surface area contributed by atoms with Crippen LogP contribution in [-0.2, 0) is 4.74 Å². The Morgan fingerprint density at radius 2 is 1.92 bits per heavy atom. The number of hydrogen-bond acceptors (Lipinski definition) is 11. The van der Waals surface area contributed by atoms with Crippen LogP contribution in [0.4, 0.5) is 23.3 Å². The van der Waals surface area contributed by atoms with Gasteiger partial charge in [-0.25, -0.2) is 24.7 Å². The van der Waals surface area contributed by atoms with E-state index in [0.717, 1.165) is 31.4 Å². The van der Waals surface area contributed by atoms with Crippen molar-refractivity contribution in [3.8, 4) is 11.5 Å². The number of pyridine rings is 1. The lowest BCUT2D eigenvalue weighted by molar-refractivity contribution is 0.0408. The van der Waals surface area contributed by atoms with Gasteiger partial charge in [0.2, 0.25) is 5.95 Å². The van der Waals surface area contributed by atoms with Crippen LogP contribution in [0.1, 0.15) is 41.0 Å². The Morgan fingerprint density at radius 3 is 2.76 bits per heavy atom. The molecule has 4 N–H and O–H groups in total. The molecule has 4 heterocycles. The minimum Gasteiger partial charge on any atom is -0.461 e. The van der Waals surface area contributed by atoms with Gasteiger partial charge in [-0.3, -0.25) is 0 Å². The van der Waals surface area contributed by atoms with Gasteiger partial charge < -0.3 is 21.1 Å². The lowest BCUT2D eigenvalue weighted by Crippen LogP contribution is -2.30. The highest BCUT2D eigenvalue weighted by Crippen LogP contribution is 2.26. The van der Waals surface area contributed by atoms with E-state index >= 15 is 0 Å². The Labute approximate surface area is 218 Å². The molecule has 0 saturated heterocycles. The standard InChI is InChI=1S/C26H28N8O2S/c1-16-4-2-7-20(30-16)24-28-10-8-22(33-24)32-23-9-11-29-26(34-23)31-19-13-21(37-15-19)25(35)36-14-17-5-3-6-18(27)12-17/h2,4,7-11,13,15,17-18H,3,5-6,12,14,27H2,1H3,(H2,28,29,31,32,33,34)/t17-,18-/m1/s1. The predicted molar refractivity (Wildman–Crippen MR) is 143 cm³/mol. The third-order valence-corrected chi connectivity index (χ3v) is 6.93. The number of thiophene rings is 1. The Morgan fingerprint density at radius 1 is 1.08 bits per heavy atom. The van der Waals surface area contributed by atoms with Crippen molar-refractivity contribution in [3.05, 3.63) is 64.7 Å². The Balaban J connectivity index is 1.20. The van der Waals surface area contributed by atoms with Crippen molar-refractivity contribution in [2.24, 2.45) is 11.7 Å². The summed E-state index contributed by atoms with van der Waals surface area (Å²) in [5, 5.41) is 8.16. The summed E-state index contributed by atoms with van der Waals surface area (Å²) < 4.78 is 5.54. The number of hydrogen-bond donors (Lipinski definition) is 3. The minimum atomic E-state index is -0.323. The topological polar surface area (TPSA) is 141 Å². The van der Waals surface area contributed by atoms with Crippen LogP contribution in [0.25, 0.3) is 11.5 Å². The Hall–Kier alpha value is -3.96. The fourth-order valence-corrected chi connectivity index (χ4v) is 4.96. The maximum absolute atomic E-state index is 12.5. The van der Waals surface area contributed by atoms with E-state index in [9.17, 15) is 4.79 Å². The number of rotatable bonds is 8. The van der Waals surface area contributed by atoms with Crippen LogP contribution in [-0.4, -0.2) is 43.5 Å². The first-order valence-electron chi connectivity index (χ1n) is 12.2. The summed E-state index contributed by atoms with van der Waals surface area (Å²) >= 11 is 1.32. The van der Waals surface area contributed by atoms with Gasteiger partial charge in [-0.05, 0) is 62.4 Å². The molecule has 0 spiro atoms. The number of anilines is 4. The lowest BCUT2D eigenvalue weighted by atomic mass is 9.87. The van der Waals surface area contributed by atoms with E-state index < -0.39 is 0 Å². The molecule has 1 aliphatic carbocycles. The molecule has 1 saturated carbocycles. The molecule has 0 bridgehead atoms. The van der Waals surface area contributed by atoms with Gasteiger partial charge >= 0.3 is 5.97 Å². The first-order chi connectivity index (χ1) is 18.0. The average Bonchev–Trinajstić information content (AvgIpc) is 3.36. The summed E-state index contributed by atoms with van der Waals surface area (Å²) in [5.74, 6) is 2.06. The lowest BCUT2D eigenvalue weighted by Gasteiger charge is -2.25. The second-order valence-corrected chi connectivity index (χ2v) is 9.95. The van der Waals surface area contributed by atoms with E-state index in [1.807, 2.05) is 30.5 Å². The molecule has 11 heteroatoms. The molecular weight excluding hydrogens is 488 g/mol. The summed E-state index contributed by atoms with van der Waals surface area (Å²) in [4.78, 5) is 35.2. The molecule has 37 heavy (non-hydrogen) atoms. The monoisotopic (exact) mass is 516 g/mol. The van der Waals surface area contributed by atoms with Crippen molar-refractivity contribution in [2.45, 2.75) is 38.6 Å². The zero-order valence-electron chi connectivity index (χ0n) is 20.4. The number of nitrogens with two attached hydrogens (primary N) is 1. The van der Waals surface area contributed by atoms with Gasteiger partial charge in [0.25, 0.3) is 0 Å². The average molecular weight is 517 g/mol. The summed E-state index contributed by atoms with van der Waals surface area (Å²) in [6.45, 7) is 2.34. The van der Waals surface area contributed by atoms with Crippen molar-refractivity contribution < 1.29 is 9.53 Å². The molecule has 2 atom stereocenters. The molecule has 5 rings (SSSR count). The number of ether oxygens (including phenoxy) is 1. The number of nitrogens with one attached hydrogen (secondary N) is 2. The highest BCUT2D eigenvalue weighted by molar-refractivity contribution is 7.12. The van der Waals surface area contributed by atoms with Gasteiger partial charge in [-0.15, -0.1) is 11.3 Å². The van der Waals surface area contributed by atoms with Gasteiger partial charge in [-0.1, -0.05) is 12.5 Å². The molecule has 10 nitrogen and oxygen atoms in total. The summed E-state index contributed by atoms with van der Waals surface area (Å²) in [5.41, 5.74) is 8.34. The van der Waals surface area contributed by atoms with Crippen LogP contribution in [0, 0.1) is 12.8 Å². The largest absolute Gasteiger partial charge is 0.461 e. The quantitative estimate of drug-likeness (QED) is 0.278. The maximum atomic E-state index is 12.5. The normalized spacial score (nSPS) is 17.2. The molecule has 190 valence electrons. The zero-order chi connectivity index (χ0) is 25.6. The predicted octanol–water partition coefficient (Wildman–Crippen LogP) is 4.86. The van der Waals surface area contributed by atoms with E-state index in [0.29, 0.717) is 52.2 Å². The molecular formula is C26H28N8O2S. The fourth-order valence-electron chi connectivity index (χ4n) is 4.23. The minimum absolute atomic E-state index is 0.210. The smallest absolute Gasteiger partial charge is 0.348 e. The highest BCUT2D eigenvalue weighted by atomic mass is 32.1. The van der Waals surface area contributed by atoms with Gasteiger partial charge in [0.1, 0.15) is 22.2 Å². The van der Waals surface area contributed by atoms with E-state index in [-0.39, 0.29) is 12.0 Å². The van der Waals surface area contributed by atoms with Crippen LogP contribution >= 0.6 is 11.3 Å². The summed E-state index contributed by atoms with van der Waals surface area (Å²) in [6.07, 6.45) is 7.41. The number of aromatic nitrogens is 5. The van der Waals surface area contributed by atoms with Crippen molar-refractivity contribution in [3.63, 3.8) is 0 Å². The van der Waals surface area contributed by atoms with Gasteiger partial charge in [0.05, 0.1) is 12.3 Å². The molecule has 0 unspecified atom stereocenters. The molecule has 1 fully saturated rings. The molecule has 4 aromatic heterocycles. The molecule has 0 aromatic carbocycles. The zero-order valence-corrected chi connectivity index (χ0v) is 21.2. The number of aryl methyl sites for hydroxylation is 1. The number of carbonyl (C=O) groups excluding carboxylic acids is 1. The maximum Gasteiger partial charge on any atom is 0.348 e. The van der Waals surface area contributed by atoms with Crippen LogP contribution in [0.3, 0.4) is 0 Å². The molecule has 0 radical (unpaired) electrons. The molecule has 0 amide bonds. The first-order valence-corrected chi connectivity index (χ1v) is 13.1. The Bertz CT molecular complexity index is 1380. The summed E-state index contributed by atoms with van der Waals surface area (Å²) in [6, 6.07) is 11.2. The van der Waals surface area contributed by atoms with Gasteiger partial charge in [-0.2, -0.15) is 4.98 Å². The van der Waals surface area contributed by atoms with Crippen molar-refractivity contribution >= 4 is 40.6 Å². The SMILES string of the molecule is Cc1cccc(-c2nccc(Nc3ccnc(Nc4csc(C(=O)OC[C@@H]5CCC[C@@H](N)C5)c4)n3)n2)n1. The van der Waals surface area contributed by atoms with Crippen LogP contribution in [0.5, 0.6) is 0 Å². The number of esters is 1. The van der Waals surface area contributed by atoms with Gasteiger partial charge in [0, 0.05) is 29.5 Å². The molecule has 4 aromatic rings. The van der Waals surface area contributed by atoms with Gasteiger partial charge in [0.15, 0.2) is 5.82 Å². The van der Waals surface area contributed by atoms with E-state index in [1.54, 1.807) is 30.6 Å². The van der Waals surface area contributed by atoms with Crippen LogP contribution < -0.4 is 16.4 Å². The third kappa shape index (κ3) is 6.63. The highest BCUT2D eigenvalue weighted by Gasteiger charge is 2.21. The third-order valence-electron chi connectivity index (χ3n) is 6.02. The van der Waals surface area contributed by atoms with Crippen molar-refractivity contribution in [1.82, 2.24) is 24.9 Å². The summed E-state index contributed by atoms with van der Waals surface area (Å²) in [7, 11) is 0. The molecule has 1 aliphatic rings. The van der Waals surface area contributed by atoms with Crippen molar-refractivity contribution in [2.75, 3.05) is 17.2 Å². The first kappa shape index (κ1) is 24.7. The van der Waals surface area contributed by atoms with Crippen LogP contribution in [0.15, 0.2) is 54.2 Å². The number of nitrogens with zero attached hydrogens (tertiary/aromatic N) is 5. The number of carbonyl (C=O) groups is 1. The van der Waals surface area contributed by atoms with E-state index in [4.69, 9.17) is 10.5 Å². The second kappa shape index (κ2) is 11.4.